The summed E-state index contributed by atoms with van der Waals surface area (Å²) in [4.78, 5) is 31.7. The van der Waals surface area contributed by atoms with Crippen molar-refractivity contribution in [1.29, 1.82) is 0 Å². The number of nitrogens with one attached hydrogen (secondary N) is 2. The van der Waals surface area contributed by atoms with Gasteiger partial charge >= 0.3 is 5.69 Å². The molecule has 0 fully saturated rings. The summed E-state index contributed by atoms with van der Waals surface area (Å²) in [6.45, 7) is 0.849. The van der Waals surface area contributed by atoms with E-state index in [0.717, 1.165) is 11.1 Å². The van der Waals surface area contributed by atoms with Gasteiger partial charge in [-0.1, -0.05) is 30.3 Å². The van der Waals surface area contributed by atoms with Gasteiger partial charge in [-0.05, 0) is 23.8 Å². The van der Waals surface area contributed by atoms with Crippen LogP contribution >= 0.6 is 0 Å². The molecule has 168 valence electrons. The number of aliphatic hydroxyl groups is 1. The second kappa shape index (κ2) is 8.22. The molecule has 8 heteroatoms. The predicted octanol–water partition coefficient (Wildman–Crippen LogP) is 1.21. The van der Waals surface area contributed by atoms with E-state index in [9.17, 15) is 14.7 Å². The van der Waals surface area contributed by atoms with Crippen molar-refractivity contribution in [2.75, 3.05) is 20.8 Å². The standard InChI is InChI=1S/C25H23N3O5/c1-32-13-5-12-28-23-20(24(30)27-25(28)31)18(14-8-10-15(33-2)11-9-14)19-21(26-23)16-6-3-4-7-17(16)22(19)29/h3-4,6-11,18,29H,5,12-13H2,1-2H3,(H,27,30,31)/p+1. The largest absolute Gasteiger partial charge is 0.507 e. The predicted molar refractivity (Wildman–Crippen MR) is 123 cm³/mol. The summed E-state index contributed by atoms with van der Waals surface area (Å²) >= 11 is 0. The quantitative estimate of drug-likeness (QED) is 0.494. The Morgan fingerprint density at radius 2 is 1.79 bits per heavy atom. The van der Waals surface area contributed by atoms with E-state index in [1.807, 2.05) is 48.5 Å². The lowest BCUT2D eigenvalue weighted by Crippen LogP contribution is -2.72. The lowest BCUT2D eigenvalue weighted by molar-refractivity contribution is -0.364. The Morgan fingerprint density at radius 1 is 1.06 bits per heavy atom. The van der Waals surface area contributed by atoms with Crippen LogP contribution in [-0.2, 0) is 11.3 Å². The molecular formula is C25H24N3O5+. The molecule has 1 aromatic heterocycles. The van der Waals surface area contributed by atoms with Crippen molar-refractivity contribution >= 4 is 17.3 Å². The van der Waals surface area contributed by atoms with Crippen LogP contribution in [0.1, 0.15) is 34.6 Å². The van der Waals surface area contributed by atoms with Crippen LogP contribution in [-0.4, -0.2) is 41.2 Å². The van der Waals surface area contributed by atoms with E-state index in [1.165, 1.54) is 4.57 Å². The minimum absolute atomic E-state index is 0.121. The zero-order chi connectivity index (χ0) is 23.1. The first kappa shape index (κ1) is 21.0. The average molecular weight is 446 g/mol. The maximum Gasteiger partial charge on any atom is 0.415 e. The van der Waals surface area contributed by atoms with Gasteiger partial charge in [0.1, 0.15) is 22.8 Å². The lowest BCUT2D eigenvalue weighted by Gasteiger charge is -2.23. The molecule has 0 saturated carbocycles. The highest BCUT2D eigenvalue weighted by Crippen LogP contribution is 2.43. The van der Waals surface area contributed by atoms with Crippen molar-refractivity contribution in [2.24, 2.45) is 0 Å². The van der Waals surface area contributed by atoms with Crippen LogP contribution in [0.15, 0.2) is 63.7 Å². The molecule has 33 heavy (non-hydrogen) atoms. The van der Waals surface area contributed by atoms with Gasteiger partial charge in [-0.2, -0.15) is 4.57 Å². The van der Waals surface area contributed by atoms with Crippen molar-refractivity contribution in [3.05, 3.63) is 97.2 Å². The van der Waals surface area contributed by atoms with E-state index in [0.29, 0.717) is 53.6 Å². The van der Waals surface area contributed by atoms with Crippen LogP contribution < -0.4 is 21.0 Å². The Hall–Kier alpha value is -3.91. The third kappa shape index (κ3) is 3.30. The fraction of sp³-hybridized carbons (Fsp3) is 0.240. The highest BCUT2D eigenvalue weighted by Gasteiger charge is 2.44. The van der Waals surface area contributed by atoms with Gasteiger partial charge < -0.3 is 14.6 Å². The van der Waals surface area contributed by atoms with Crippen LogP contribution in [0.3, 0.4) is 0 Å². The number of H-pyrrole nitrogens is 1. The Balaban J connectivity index is 1.81. The topological polar surface area (TPSA) is 108 Å². The van der Waals surface area contributed by atoms with Gasteiger partial charge in [0.2, 0.25) is 0 Å². The summed E-state index contributed by atoms with van der Waals surface area (Å²) in [5.41, 5.74) is 3.04. The SMILES string of the molecule is COCCCn1c2c(c(=O)[nH]c1=O)C(c1ccc(OC)cc1)C1=C(O)c3ccccc3C1=[NH+]2. The monoisotopic (exact) mass is 446 g/mol. The molecule has 2 heterocycles. The van der Waals surface area contributed by atoms with Gasteiger partial charge in [0.25, 0.3) is 11.4 Å². The number of nitrogens with zero attached hydrogens (tertiary/aromatic N) is 1. The first-order valence-electron chi connectivity index (χ1n) is 10.7. The summed E-state index contributed by atoms with van der Waals surface area (Å²) in [6, 6.07) is 14.9. The molecule has 3 aromatic rings. The Bertz CT molecular complexity index is 1410. The van der Waals surface area contributed by atoms with Crippen LogP contribution in [0.5, 0.6) is 5.75 Å². The third-order valence-corrected chi connectivity index (χ3v) is 6.21. The van der Waals surface area contributed by atoms with E-state index in [2.05, 4.69) is 9.98 Å². The molecule has 2 aromatic carbocycles. The van der Waals surface area contributed by atoms with Crippen molar-refractivity contribution in [3.63, 3.8) is 0 Å². The fourth-order valence-corrected chi connectivity index (χ4v) is 4.69. The zero-order valence-electron chi connectivity index (χ0n) is 18.3. The summed E-state index contributed by atoms with van der Waals surface area (Å²) in [6.07, 6.45) is 0.601. The van der Waals surface area contributed by atoms with Gasteiger partial charge in [-0.15, -0.1) is 0 Å². The number of ether oxygens (including phenoxy) is 2. The summed E-state index contributed by atoms with van der Waals surface area (Å²) in [5, 5.41) is 11.2. The van der Waals surface area contributed by atoms with E-state index in [1.54, 1.807) is 14.2 Å². The minimum Gasteiger partial charge on any atom is -0.507 e. The molecule has 0 saturated heterocycles. The molecule has 0 bridgehead atoms. The van der Waals surface area contributed by atoms with Crippen LogP contribution in [0.4, 0.5) is 5.82 Å². The molecule has 0 spiro atoms. The minimum atomic E-state index is -0.576. The Kier molecular flexibility index (Phi) is 5.22. The van der Waals surface area contributed by atoms with E-state index < -0.39 is 17.2 Å². The maximum atomic E-state index is 13.2. The molecule has 1 aliphatic heterocycles. The van der Waals surface area contributed by atoms with Crippen molar-refractivity contribution in [1.82, 2.24) is 9.55 Å². The molecule has 8 nitrogen and oxygen atoms in total. The Morgan fingerprint density at radius 3 is 2.48 bits per heavy atom. The first-order chi connectivity index (χ1) is 16.0. The van der Waals surface area contributed by atoms with Gasteiger partial charge in [-0.25, -0.2) is 9.79 Å². The van der Waals surface area contributed by atoms with Gasteiger partial charge in [0.15, 0.2) is 0 Å². The van der Waals surface area contributed by atoms with E-state index in [-0.39, 0.29) is 5.76 Å². The van der Waals surface area contributed by atoms with Gasteiger partial charge in [0, 0.05) is 31.3 Å². The van der Waals surface area contributed by atoms with Crippen molar-refractivity contribution in [2.45, 2.75) is 18.9 Å². The molecule has 1 aliphatic carbocycles. The van der Waals surface area contributed by atoms with Gasteiger partial charge in [0.05, 0.1) is 25.1 Å². The zero-order valence-corrected chi connectivity index (χ0v) is 18.3. The van der Waals surface area contributed by atoms with Crippen LogP contribution in [0.2, 0.25) is 0 Å². The smallest absolute Gasteiger partial charge is 0.415 e. The highest BCUT2D eigenvalue weighted by molar-refractivity contribution is 6.21. The van der Waals surface area contributed by atoms with E-state index >= 15 is 0 Å². The molecule has 1 unspecified atom stereocenters. The second-order valence-electron chi connectivity index (χ2n) is 8.03. The number of allylic oxidation sites excluding steroid dienone is 1. The summed E-state index contributed by atoms with van der Waals surface area (Å²) in [7, 11) is 3.19. The molecule has 5 rings (SSSR count). The maximum absolute atomic E-state index is 13.2. The number of hydrogen-bond acceptors (Lipinski definition) is 5. The number of rotatable bonds is 6. The average Bonchev–Trinajstić information content (AvgIpc) is 3.12. The number of hydrogen-bond donors (Lipinski definition) is 3. The first-order valence-corrected chi connectivity index (χ1v) is 10.7. The molecule has 3 N–H and O–H groups in total. The van der Waals surface area contributed by atoms with Crippen molar-refractivity contribution in [3.8, 4) is 5.75 Å². The number of benzene rings is 2. The van der Waals surface area contributed by atoms with Crippen LogP contribution in [0, 0.1) is 0 Å². The highest BCUT2D eigenvalue weighted by atomic mass is 16.5. The summed E-state index contributed by atoms with van der Waals surface area (Å²) in [5.74, 6) is 0.663. The van der Waals surface area contributed by atoms with Crippen LogP contribution in [0.25, 0.3) is 5.76 Å². The number of aromatic amines is 1. The number of aliphatic hydroxyl groups excluding tert-OH is 1. The lowest BCUT2D eigenvalue weighted by atomic mass is 9.81. The number of fused-ring (bicyclic) bond motifs is 4. The fourth-order valence-electron chi connectivity index (χ4n) is 4.69. The molecule has 0 radical (unpaired) electrons. The summed E-state index contributed by atoms with van der Waals surface area (Å²) < 4.78 is 12.0. The molecular weight excluding hydrogens is 422 g/mol. The Labute approximate surface area is 189 Å². The second-order valence-corrected chi connectivity index (χ2v) is 8.03. The molecule has 1 atom stereocenters. The van der Waals surface area contributed by atoms with E-state index in [4.69, 9.17) is 9.47 Å². The number of aromatic nitrogens is 2. The molecule has 0 amide bonds. The third-order valence-electron chi connectivity index (χ3n) is 6.21. The van der Waals surface area contributed by atoms with Gasteiger partial charge in [-0.3, -0.25) is 9.78 Å². The normalized spacial score (nSPS) is 16.2. The number of methoxy groups -OCH3 is 2. The molecule has 2 aliphatic rings. The van der Waals surface area contributed by atoms with Crippen molar-refractivity contribution < 1.29 is 19.6 Å².